The second kappa shape index (κ2) is 51.8. The van der Waals surface area contributed by atoms with Gasteiger partial charge < -0.3 is 56.8 Å². The normalized spacial score (nSPS) is 11.0. The average molecular weight is 927 g/mol. The van der Waals surface area contributed by atoms with Crippen LogP contribution in [0.1, 0.15) is 106 Å². The zero-order chi connectivity index (χ0) is 42.2. The molecule has 0 spiro atoms. The van der Waals surface area contributed by atoms with Gasteiger partial charge in [-0.05, 0) is 13.8 Å². The zero-order valence-electron chi connectivity index (χ0n) is 32.6. The van der Waals surface area contributed by atoms with Crippen LogP contribution in [-0.4, -0.2) is 167 Å². The summed E-state index contributed by atoms with van der Waals surface area (Å²) in [6.45, 7) is 2.93. The molecular weight excluding hydrogens is 840 g/mol. The molecule has 4 atom stereocenters. The largest absolute Gasteiger partial charge is 0.465 e. The van der Waals surface area contributed by atoms with Crippen molar-refractivity contribution in [2.75, 3.05) is 95.0 Å². The van der Waals surface area contributed by atoms with Crippen molar-refractivity contribution in [2.24, 2.45) is 5.92 Å². The molecular formula is C42H86O21. The van der Waals surface area contributed by atoms with Gasteiger partial charge in [0.05, 0.1) is 19.1 Å². The summed E-state index contributed by atoms with van der Waals surface area (Å²) < 4.78 is 59.0. The molecule has 21 nitrogen and oxygen atoms in total. The number of ether oxygens (including phenoxy) is 12. The van der Waals surface area contributed by atoms with Crippen molar-refractivity contribution in [1.29, 1.82) is 0 Å². The van der Waals surface area contributed by atoms with E-state index in [1.54, 1.807) is 0 Å². The van der Waals surface area contributed by atoms with Crippen molar-refractivity contribution < 1.29 is 100.0 Å². The summed E-state index contributed by atoms with van der Waals surface area (Å²) in [5.74, 6) is -6.60. The van der Waals surface area contributed by atoms with Gasteiger partial charge in [-0.2, -0.15) is 0 Å². The van der Waals surface area contributed by atoms with E-state index in [0.29, 0.717) is 0 Å². The Morgan fingerprint density at radius 3 is 0.762 bits per heavy atom. The minimum absolute atomic E-state index is 0. The highest BCUT2D eigenvalue weighted by atomic mass is 16.6. The Kier molecular flexibility index (Phi) is 67.5. The van der Waals surface area contributed by atoms with Crippen molar-refractivity contribution in [1.82, 2.24) is 0 Å². The van der Waals surface area contributed by atoms with Gasteiger partial charge in [0, 0.05) is 42.5 Å². The smallest absolute Gasteiger partial charge is 0.317 e. The Labute approximate surface area is 378 Å². The number of hydrogen-bond donors (Lipinski definition) is 0. The van der Waals surface area contributed by atoms with Crippen molar-refractivity contribution in [3.05, 3.63) is 0 Å². The third-order valence-corrected chi connectivity index (χ3v) is 6.27. The summed E-state index contributed by atoms with van der Waals surface area (Å²) in [4.78, 5) is 102. The van der Waals surface area contributed by atoms with Crippen LogP contribution < -0.4 is 0 Å². The monoisotopic (exact) mass is 927 g/mol. The number of esters is 7. The van der Waals surface area contributed by atoms with E-state index in [-0.39, 0.29) is 137 Å². The van der Waals surface area contributed by atoms with E-state index in [4.69, 9.17) is 56.8 Å². The number of hydrogen-bond acceptors (Lipinski definition) is 21. The average Bonchev–Trinajstić information content (AvgIpc) is 3.11. The van der Waals surface area contributed by atoms with Crippen LogP contribution in [0.15, 0.2) is 0 Å². The molecule has 0 aromatic carbocycles. The number of methoxy groups -OCH3 is 5. The van der Waals surface area contributed by atoms with Crippen LogP contribution >= 0.6 is 0 Å². The van der Waals surface area contributed by atoms with Crippen LogP contribution in [0.2, 0.25) is 0 Å². The lowest BCUT2D eigenvalue weighted by Gasteiger charge is -2.17. The van der Waals surface area contributed by atoms with Gasteiger partial charge in [-0.1, -0.05) is 59.4 Å². The maximum atomic E-state index is 11.8. The van der Waals surface area contributed by atoms with Gasteiger partial charge in [0.1, 0.15) is 102 Å². The van der Waals surface area contributed by atoms with Crippen LogP contribution in [0.25, 0.3) is 0 Å². The van der Waals surface area contributed by atoms with E-state index in [2.05, 4.69) is 0 Å². The van der Waals surface area contributed by atoms with Gasteiger partial charge in [-0.15, -0.1) is 0 Å². The molecule has 0 fully saturated rings. The van der Waals surface area contributed by atoms with Gasteiger partial charge in [0.2, 0.25) is 0 Å². The van der Waals surface area contributed by atoms with Crippen molar-refractivity contribution in [3.63, 3.8) is 0 Å². The summed E-state index contributed by atoms with van der Waals surface area (Å²) in [5, 5.41) is 0. The first-order chi connectivity index (χ1) is 26.0. The molecule has 0 bridgehead atoms. The molecule has 0 aliphatic rings. The Hall–Kier alpha value is -4.57. The minimum atomic E-state index is -0.862. The summed E-state index contributed by atoms with van der Waals surface area (Å²) in [6, 6.07) is 0. The van der Waals surface area contributed by atoms with Crippen LogP contribution in [-0.2, 0) is 100.0 Å². The van der Waals surface area contributed by atoms with E-state index in [0.717, 1.165) is 0 Å². The Morgan fingerprint density at radius 2 is 0.540 bits per heavy atom. The maximum absolute atomic E-state index is 11.8. The SMILES string of the molecule is C.C.C.C.C.C.C.C.COCC(COC(=O)CC(=O)OCC(COC(=O)CC(C)=O)OC)OC.COCC(COC(=O)CC(=O)OCC(COC(C)=O)COC(=O)CC(C)=O)OC. The van der Waals surface area contributed by atoms with E-state index < -0.39 is 85.3 Å². The third kappa shape index (κ3) is 51.7. The van der Waals surface area contributed by atoms with E-state index >= 15 is 0 Å². The molecule has 0 heterocycles. The molecule has 0 aliphatic heterocycles. The number of Topliss-reactive ketones (excluding diaryl/α,β-unsaturated/α-hetero) is 2. The predicted molar refractivity (Wildman–Crippen MR) is 236 cm³/mol. The number of ketones is 2. The molecule has 0 aromatic heterocycles. The molecule has 21 heteroatoms. The number of carbonyl (C=O) groups excluding carboxylic acids is 9. The molecule has 380 valence electrons. The first-order valence-corrected chi connectivity index (χ1v) is 16.6. The Morgan fingerprint density at radius 1 is 0.317 bits per heavy atom. The summed E-state index contributed by atoms with van der Waals surface area (Å²) in [6.07, 6.45) is -3.55. The fourth-order valence-electron chi connectivity index (χ4n) is 3.42. The Bertz CT molecular complexity index is 1210. The lowest BCUT2D eigenvalue weighted by Crippen LogP contribution is -2.29. The number of rotatable bonds is 29. The maximum Gasteiger partial charge on any atom is 0.317 e. The molecule has 63 heavy (non-hydrogen) atoms. The first kappa shape index (κ1) is 82.2. The first-order valence-electron chi connectivity index (χ1n) is 16.6. The second-order valence-electron chi connectivity index (χ2n) is 11.4. The topological polar surface area (TPSA) is 264 Å². The third-order valence-electron chi connectivity index (χ3n) is 6.27. The van der Waals surface area contributed by atoms with Crippen LogP contribution in [0.3, 0.4) is 0 Å². The van der Waals surface area contributed by atoms with Crippen LogP contribution in [0.4, 0.5) is 0 Å². The molecule has 0 saturated carbocycles. The molecule has 0 saturated heterocycles. The second-order valence-corrected chi connectivity index (χ2v) is 11.4. The van der Waals surface area contributed by atoms with Crippen molar-refractivity contribution >= 4 is 53.4 Å². The fourth-order valence-corrected chi connectivity index (χ4v) is 3.42. The van der Waals surface area contributed by atoms with Gasteiger partial charge in [0.25, 0.3) is 0 Å². The summed E-state index contributed by atoms with van der Waals surface area (Å²) >= 11 is 0. The quantitative estimate of drug-likeness (QED) is 0.0564. The molecule has 0 N–H and O–H groups in total. The van der Waals surface area contributed by atoms with Crippen molar-refractivity contribution in [2.45, 2.75) is 124 Å². The standard InChI is InChI=1S/C18H28O11.C16H26O10.8CH4/c1-12(19)5-16(21)27-8-14(7-26-13(2)20)9-28-17(22)6-18(23)29-11-15(25-4)10-24-3;1-11(17)5-14(18)24-9-13(23-4)10-26-16(20)6-15(19)25-8-12(22-3)7-21-2;;;;;;;;/h14-15H,5-11H2,1-4H3;12-13H,5-10H2,1-4H3;8*1H4. The van der Waals surface area contributed by atoms with E-state index in [1.165, 1.54) is 56.3 Å². The lowest BCUT2D eigenvalue weighted by atomic mass is 10.2. The summed E-state index contributed by atoms with van der Waals surface area (Å²) in [5.41, 5.74) is 0. The zero-order valence-corrected chi connectivity index (χ0v) is 32.6. The van der Waals surface area contributed by atoms with Gasteiger partial charge in [0.15, 0.2) is 0 Å². The highest BCUT2D eigenvalue weighted by Gasteiger charge is 2.21. The molecule has 0 rings (SSSR count). The number of carbonyl (C=O) groups is 9. The summed E-state index contributed by atoms with van der Waals surface area (Å²) in [7, 11) is 7.16. The van der Waals surface area contributed by atoms with Gasteiger partial charge >= 0.3 is 41.8 Å². The van der Waals surface area contributed by atoms with Crippen LogP contribution in [0, 0.1) is 5.92 Å². The van der Waals surface area contributed by atoms with E-state index in [9.17, 15) is 43.2 Å². The highest BCUT2D eigenvalue weighted by molar-refractivity contribution is 5.94. The minimum Gasteiger partial charge on any atom is -0.465 e. The van der Waals surface area contributed by atoms with E-state index in [1.807, 2.05) is 0 Å². The highest BCUT2D eigenvalue weighted by Crippen LogP contribution is 2.05. The van der Waals surface area contributed by atoms with Gasteiger partial charge in [-0.25, -0.2) is 0 Å². The lowest BCUT2D eigenvalue weighted by molar-refractivity contribution is -0.162. The fraction of sp³-hybridized carbons (Fsp3) is 0.786. The molecule has 0 aliphatic carbocycles. The molecule has 4 unspecified atom stereocenters. The van der Waals surface area contributed by atoms with Gasteiger partial charge in [-0.3, -0.25) is 43.2 Å². The predicted octanol–water partition coefficient (Wildman–Crippen LogP) is 4.58. The molecule has 0 radical (unpaired) electrons. The van der Waals surface area contributed by atoms with Crippen LogP contribution in [0.5, 0.6) is 0 Å². The Balaban J connectivity index is -0.0000000993. The molecule has 0 aromatic rings. The molecule has 0 amide bonds. The van der Waals surface area contributed by atoms with Crippen molar-refractivity contribution in [3.8, 4) is 0 Å².